The second-order valence-electron chi connectivity index (χ2n) is 3.01. The zero-order valence-corrected chi connectivity index (χ0v) is 9.64. The summed E-state index contributed by atoms with van der Waals surface area (Å²) in [6.07, 6.45) is 5.29. The van der Waals surface area contributed by atoms with E-state index in [1.807, 2.05) is 0 Å². The second kappa shape index (κ2) is 5.60. The summed E-state index contributed by atoms with van der Waals surface area (Å²) in [6, 6.07) is 0. The molecule has 0 aliphatic carbocycles. The summed E-state index contributed by atoms with van der Waals surface area (Å²) < 4.78 is 0.768. The molecule has 1 nitrogen and oxygen atoms in total. The standard InChI is InChI=1S/C8H15ClIN/c9-5-3-7-11-6-2-1-4-8(11)10/h8H,1-7H2. The molecule has 1 atom stereocenters. The lowest BCUT2D eigenvalue weighted by Gasteiger charge is -2.31. The van der Waals surface area contributed by atoms with Gasteiger partial charge in [-0.25, -0.2) is 0 Å². The van der Waals surface area contributed by atoms with Gasteiger partial charge in [-0.2, -0.15) is 0 Å². The van der Waals surface area contributed by atoms with Crippen molar-refractivity contribution in [1.29, 1.82) is 0 Å². The lowest BCUT2D eigenvalue weighted by molar-refractivity contribution is 0.217. The molecule has 0 radical (unpaired) electrons. The molecule has 0 aromatic rings. The highest BCUT2D eigenvalue weighted by atomic mass is 127. The van der Waals surface area contributed by atoms with E-state index in [9.17, 15) is 0 Å². The Balaban J connectivity index is 2.18. The Labute approximate surface area is 87.6 Å². The van der Waals surface area contributed by atoms with Gasteiger partial charge in [0, 0.05) is 12.4 Å². The van der Waals surface area contributed by atoms with Gasteiger partial charge in [0.05, 0.1) is 4.05 Å². The van der Waals surface area contributed by atoms with Crippen LogP contribution in [0.5, 0.6) is 0 Å². The molecule has 1 rings (SSSR count). The number of likely N-dealkylation sites (tertiary alicyclic amines) is 1. The van der Waals surface area contributed by atoms with Crippen molar-refractivity contribution in [3.05, 3.63) is 0 Å². The maximum atomic E-state index is 5.64. The average Bonchev–Trinajstić information content (AvgIpc) is 2.03. The molecule has 3 heteroatoms. The Bertz CT molecular complexity index is 110. The Morgan fingerprint density at radius 1 is 1.45 bits per heavy atom. The second-order valence-corrected chi connectivity index (χ2v) is 4.82. The first-order valence-electron chi connectivity index (χ1n) is 4.28. The first-order valence-corrected chi connectivity index (χ1v) is 6.06. The maximum absolute atomic E-state index is 5.64. The van der Waals surface area contributed by atoms with E-state index in [0.717, 1.165) is 16.3 Å². The molecule has 1 aliphatic heterocycles. The zero-order chi connectivity index (χ0) is 8.10. The van der Waals surface area contributed by atoms with Crippen LogP contribution in [0.15, 0.2) is 0 Å². The molecular weight excluding hydrogens is 272 g/mol. The minimum absolute atomic E-state index is 0.768. The summed E-state index contributed by atoms with van der Waals surface area (Å²) in [5.41, 5.74) is 0. The normalized spacial score (nSPS) is 27.3. The molecule has 11 heavy (non-hydrogen) atoms. The van der Waals surface area contributed by atoms with Crippen molar-refractivity contribution in [3.8, 4) is 0 Å². The predicted octanol–water partition coefficient (Wildman–Crippen LogP) is 2.86. The molecule has 1 unspecified atom stereocenters. The Hall–Kier alpha value is 0.980. The zero-order valence-electron chi connectivity index (χ0n) is 6.73. The molecule has 0 aromatic carbocycles. The van der Waals surface area contributed by atoms with Gasteiger partial charge in [-0.3, -0.25) is 4.90 Å². The minimum atomic E-state index is 0.768. The average molecular weight is 288 g/mol. The molecule has 0 N–H and O–H groups in total. The summed E-state index contributed by atoms with van der Waals surface area (Å²) in [5.74, 6) is 0.805. The van der Waals surface area contributed by atoms with Gasteiger partial charge in [0.1, 0.15) is 0 Å². The van der Waals surface area contributed by atoms with Gasteiger partial charge < -0.3 is 0 Å². The van der Waals surface area contributed by atoms with Crippen molar-refractivity contribution in [2.75, 3.05) is 19.0 Å². The summed E-state index contributed by atoms with van der Waals surface area (Å²) >= 11 is 8.18. The molecule has 1 heterocycles. The van der Waals surface area contributed by atoms with Gasteiger partial charge in [0.15, 0.2) is 0 Å². The van der Waals surface area contributed by atoms with Crippen molar-refractivity contribution in [2.45, 2.75) is 29.7 Å². The van der Waals surface area contributed by atoms with Crippen LogP contribution in [0.2, 0.25) is 0 Å². The molecule has 0 bridgehead atoms. The number of piperidine rings is 1. The fraction of sp³-hybridized carbons (Fsp3) is 1.00. The van der Waals surface area contributed by atoms with Gasteiger partial charge in [-0.1, -0.05) is 22.6 Å². The number of nitrogens with zero attached hydrogens (tertiary/aromatic N) is 1. The topological polar surface area (TPSA) is 3.24 Å². The first kappa shape index (κ1) is 10.1. The van der Waals surface area contributed by atoms with Crippen LogP contribution >= 0.6 is 34.2 Å². The summed E-state index contributed by atoms with van der Waals surface area (Å²) in [7, 11) is 0. The van der Waals surface area contributed by atoms with Crippen molar-refractivity contribution in [1.82, 2.24) is 4.90 Å². The van der Waals surface area contributed by atoms with E-state index in [4.69, 9.17) is 11.6 Å². The largest absolute Gasteiger partial charge is 0.292 e. The van der Waals surface area contributed by atoms with Crippen LogP contribution in [0.1, 0.15) is 25.7 Å². The van der Waals surface area contributed by atoms with Gasteiger partial charge >= 0.3 is 0 Å². The summed E-state index contributed by atoms with van der Waals surface area (Å²) in [4.78, 5) is 2.55. The van der Waals surface area contributed by atoms with Crippen molar-refractivity contribution < 1.29 is 0 Å². The lowest BCUT2D eigenvalue weighted by Crippen LogP contribution is -2.36. The van der Waals surface area contributed by atoms with Gasteiger partial charge in [0.2, 0.25) is 0 Å². The molecule has 0 aromatic heterocycles. The first-order chi connectivity index (χ1) is 5.34. The monoisotopic (exact) mass is 287 g/mol. The van der Waals surface area contributed by atoms with E-state index in [1.165, 1.54) is 32.4 Å². The molecule has 0 spiro atoms. The van der Waals surface area contributed by atoms with E-state index < -0.39 is 0 Å². The van der Waals surface area contributed by atoms with E-state index in [0.29, 0.717) is 0 Å². The van der Waals surface area contributed by atoms with E-state index in [2.05, 4.69) is 27.5 Å². The molecule has 66 valence electrons. The number of alkyl halides is 2. The van der Waals surface area contributed by atoms with E-state index in [1.54, 1.807) is 0 Å². The van der Waals surface area contributed by atoms with Crippen LogP contribution in [0.25, 0.3) is 0 Å². The smallest absolute Gasteiger partial charge is 0.0618 e. The SMILES string of the molecule is ClCCCN1CCCCC1I. The maximum Gasteiger partial charge on any atom is 0.0618 e. The molecule has 1 fully saturated rings. The molecule has 1 saturated heterocycles. The summed E-state index contributed by atoms with van der Waals surface area (Å²) in [6.45, 7) is 2.47. The van der Waals surface area contributed by atoms with Gasteiger partial charge in [-0.15, -0.1) is 11.6 Å². The summed E-state index contributed by atoms with van der Waals surface area (Å²) in [5, 5.41) is 0. The number of halogens is 2. The van der Waals surface area contributed by atoms with Crippen molar-refractivity contribution in [3.63, 3.8) is 0 Å². The Kier molecular flexibility index (Phi) is 5.12. The van der Waals surface area contributed by atoms with Gasteiger partial charge in [-0.05, 0) is 32.2 Å². The Morgan fingerprint density at radius 3 is 2.91 bits per heavy atom. The third-order valence-electron chi connectivity index (χ3n) is 2.11. The molecular formula is C8H15ClIN. The van der Waals surface area contributed by atoms with Crippen molar-refractivity contribution >= 4 is 34.2 Å². The number of rotatable bonds is 3. The number of hydrogen-bond donors (Lipinski definition) is 0. The fourth-order valence-electron chi connectivity index (χ4n) is 1.47. The van der Waals surface area contributed by atoms with Crippen LogP contribution in [0.4, 0.5) is 0 Å². The fourth-order valence-corrected chi connectivity index (χ4v) is 2.58. The van der Waals surface area contributed by atoms with Crippen LogP contribution in [-0.4, -0.2) is 27.9 Å². The quantitative estimate of drug-likeness (QED) is 0.438. The molecule has 0 saturated carbocycles. The van der Waals surface area contributed by atoms with Gasteiger partial charge in [0.25, 0.3) is 0 Å². The molecule has 0 amide bonds. The van der Waals surface area contributed by atoms with E-state index in [-0.39, 0.29) is 0 Å². The highest BCUT2D eigenvalue weighted by molar-refractivity contribution is 14.1. The Morgan fingerprint density at radius 2 is 2.27 bits per heavy atom. The van der Waals surface area contributed by atoms with E-state index >= 15 is 0 Å². The van der Waals surface area contributed by atoms with Crippen LogP contribution in [0, 0.1) is 0 Å². The third-order valence-corrected chi connectivity index (χ3v) is 3.79. The third kappa shape index (κ3) is 3.47. The van der Waals surface area contributed by atoms with Crippen LogP contribution in [-0.2, 0) is 0 Å². The highest BCUT2D eigenvalue weighted by Crippen LogP contribution is 2.21. The van der Waals surface area contributed by atoms with Crippen molar-refractivity contribution in [2.24, 2.45) is 0 Å². The lowest BCUT2D eigenvalue weighted by atomic mass is 10.1. The van der Waals surface area contributed by atoms with Crippen LogP contribution in [0.3, 0.4) is 0 Å². The highest BCUT2D eigenvalue weighted by Gasteiger charge is 2.18. The number of hydrogen-bond acceptors (Lipinski definition) is 1. The van der Waals surface area contributed by atoms with Crippen LogP contribution < -0.4 is 0 Å². The molecule has 1 aliphatic rings. The minimum Gasteiger partial charge on any atom is -0.292 e. The predicted molar refractivity (Wildman–Crippen MR) is 58.6 cm³/mol.